The van der Waals surface area contributed by atoms with Gasteiger partial charge in [-0.25, -0.2) is 0 Å². The fraction of sp³-hybridized carbons (Fsp3) is 1.00. The summed E-state index contributed by atoms with van der Waals surface area (Å²) in [5, 5.41) is 0. The largest absolute Gasteiger partial charge is 0.121 e. The highest BCUT2D eigenvalue weighted by Gasteiger charge is 2.60. The van der Waals surface area contributed by atoms with E-state index < -0.39 is 4.33 Å². The molecule has 0 aromatic carbocycles. The van der Waals surface area contributed by atoms with Crippen LogP contribution in [-0.2, 0) is 0 Å². The van der Waals surface area contributed by atoms with Crippen molar-refractivity contribution >= 4 is 23.2 Å². The molecule has 3 aliphatic carbocycles. The third-order valence-corrected chi connectivity index (χ3v) is 5.33. The molecule has 3 rings (SSSR count). The van der Waals surface area contributed by atoms with Gasteiger partial charge in [-0.2, -0.15) is 0 Å². The van der Waals surface area contributed by atoms with Crippen molar-refractivity contribution in [3.05, 3.63) is 0 Å². The highest BCUT2D eigenvalue weighted by Crippen LogP contribution is 2.66. The number of rotatable bonds is 0. The SMILES string of the molecule is CC1C2CC(CC1(Cl)Cl)C2(C)C. The number of hydrogen-bond acceptors (Lipinski definition) is 0. The predicted molar refractivity (Wildman–Crippen MR) is 53.6 cm³/mol. The van der Waals surface area contributed by atoms with Crippen molar-refractivity contribution in [2.24, 2.45) is 23.2 Å². The summed E-state index contributed by atoms with van der Waals surface area (Å²) in [4.78, 5) is 0. The van der Waals surface area contributed by atoms with Crippen molar-refractivity contribution in [2.45, 2.75) is 37.9 Å². The van der Waals surface area contributed by atoms with Crippen LogP contribution in [0, 0.1) is 23.2 Å². The maximum atomic E-state index is 6.24. The van der Waals surface area contributed by atoms with Gasteiger partial charge in [0.25, 0.3) is 0 Å². The lowest BCUT2D eigenvalue weighted by atomic mass is 9.45. The van der Waals surface area contributed by atoms with E-state index in [1.54, 1.807) is 0 Å². The molecule has 0 aromatic rings. The maximum absolute atomic E-state index is 6.24. The Bertz CT molecular complexity index is 200. The minimum absolute atomic E-state index is 0.441. The number of halogens is 2. The van der Waals surface area contributed by atoms with Crippen molar-refractivity contribution in [1.82, 2.24) is 0 Å². The van der Waals surface area contributed by atoms with E-state index in [4.69, 9.17) is 23.2 Å². The Labute approximate surface area is 84.6 Å². The second-order valence-electron chi connectivity index (χ2n) is 5.11. The monoisotopic (exact) mass is 206 g/mol. The van der Waals surface area contributed by atoms with Crippen LogP contribution >= 0.6 is 23.2 Å². The summed E-state index contributed by atoms with van der Waals surface area (Å²) in [6.45, 7) is 6.90. The van der Waals surface area contributed by atoms with E-state index in [9.17, 15) is 0 Å². The fourth-order valence-corrected chi connectivity index (χ4v) is 3.74. The Morgan fingerprint density at radius 2 is 1.83 bits per heavy atom. The molecular weight excluding hydrogens is 191 g/mol. The van der Waals surface area contributed by atoms with Gasteiger partial charge in [-0.1, -0.05) is 20.8 Å². The zero-order valence-electron chi connectivity index (χ0n) is 7.90. The minimum Gasteiger partial charge on any atom is -0.101 e. The molecule has 0 heterocycles. The fourth-order valence-electron chi connectivity index (χ4n) is 3.06. The van der Waals surface area contributed by atoms with Crippen molar-refractivity contribution in [3.8, 4) is 0 Å². The Hall–Kier alpha value is 0.580. The predicted octanol–water partition coefficient (Wildman–Crippen LogP) is 3.86. The van der Waals surface area contributed by atoms with E-state index in [-0.39, 0.29) is 0 Å². The van der Waals surface area contributed by atoms with Crippen LogP contribution in [0.3, 0.4) is 0 Å². The zero-order chi connectivity index (χ0) is 9.15. The van der Waals surface area contributed by atoms with E-state index in [1.807, 2.05) is 0 Å². The van der Waals surface area contributed by atoms with E-state index in [2.05, 4.69) is 20.8 Å². The van der Waals surface area contributed by atoms with Gasteiger partial charge >= 0.3 is 0 Å². The van der Waals surface area contributed by atoms with Gasteiger partial charge in [-0.3, -0.25) is 0 Å². The van der Waals surface area contributed by atoms with Crippen LogP contribution < -0.4 is 0 Å². The van der Waals surface area contributed by atoms with Gasteiger partial charge in [0.15, 0.2) is 0 Å². The lowest BCUT2D eigenvalue weighted by molar-refractivity contribution is -0.104. The minimum atomic E-state index is -0.441. The molecule has 0 radical (unpaired) electrons. The van der Waals surface area contributed by atoms with Crippen LogP contribution in [0.15, 0.2) is 0 Å². The van der Waals surface area contributed by atoms with Gasteiger partial charge in [-0.15, -0.1) is 23.2 Å². The summed E-state index contributed by atoms with van der Waals surface area (Å²) in [5.74, 6) is 1.96. The molecule has 3 aliphatic rings. The quantitative estimate of drug-likeness (QED) is 0.529. The van der Waals surface area contributed by atoms with Gasteiger partial charge in [-0.05, 0) is 36.0 Å². The summed E-state index contributed by atoms with van der Waals surface area (Å²) in [5.41, 5.74) is 0.493. The Morgan fingerprint density at radius 3 is 2.17 bits per heavy atom. The smallest absolute Gasteiger partial charge is 0.101 e. The van der Waals surface area contributed by atoms with Crippen LogP contribution in [0.25, 0.3) is 0 Å². The molecular formula is C10H16Cl2. The van der Waals surface area contributed by atoms with E-state index >= 15 is 0 Å². The third-order valence-electron chi connectivity index (χ3n) is 4.33. The van der Waals surface area contributed by atoms with Crippen LogP contribution in [-0.4, -0.2) is 4.33 Å². The molecule has 0 amide bonds. The molecule has 12 heavy (non-hydrogen) atoms. The van der Waals surface area contributed by atoms with Gasteiger partial charge < -0.3 is 0 Å². The molecule has 3 fully saturated rings. The standard InChI is InChI=1S/C10H16Cl2/c1-6-8-4-7(9(8,2)3)5-10(6,11)12/h6-8H,4-5H2,1-3H3. The molecule has 3 saturated carbocycles. The molecule has 0 aromatic heterocycles. The first-order valence-corrected chi connectivity index (χ1v) is 5.49. The first-order chi connectivity index (χ1) is 5.36. The summed E-state index contributed by atoms with van der Waals surface area (Å²) < 4.78 is -0.441. The topological polar surface area (TPSA) is 0 Å². The van der Waals surface area contributed by atoms with E-state index in [0.717, 1.165) is 18.3 Å². The van der Waals surface area contributed by atoms with Gasteiger partial charge in [0.05, 0.1) is 0 Å². The maximum Gasteiger partial charge on any atom is 0.121 e. The highest BCUT2D eigenvalue weighted by atomic mass is 35.5. The average molecular weight is 207 g/mol. The lowest BCUT2D eigenvalue weighted by Gasteiger charge is -2.63. The second-order valence-corrected chi connectivity index (χ2v) is 6.66. The van der Waals surface area contributed by atoms with Crippen molar-refractivity contribution in [2.75, 3.05) is 0 Å². The molecule has 2 bridgehead atoms. The highest BCUT2D eigenvalue weighted by molar-refractivity contribution is 6.48. The number of alkyl halides is 2. The summed E-state index contributed by atoms with van der Waals surface area (Å²) in [6, 6.07) is 0. The molecule has 0 spiro atoms. The van der Waals surface area contributed by atoms with E-state index in [0.29, 0.717) is 11.3 Å². The zero-order valence-corrected chi connectivity index (χ0v) is 9.41. The molecule has 3 unspecified atom stereocenters. The Morgan fingerprint density at radius 1 is 1.25 bits per heavy atom. The molecule has 3 atom stereocenters. The van der Waals surface area contributed by atoms with Crippen LogP contribution in [0.2, 0.25) is 0 Å². The molecule has 0 nitrogen and oxygen atoms in total. The Kier molecular flexibility index (Phi) is 1.78. The van der Waals surface area contributed by atoms with Gasteiger partial charge in [0, 0.05) is 0 Å². The molecule has 0 N–H and O–H groups in total. The average Bonchev–Trinajstić information content (AvgIpc) is 1.93. The molecule has 2 heteroatoms. The third kappa shape index (κ3) is 0.974. The first kappa shape index (κ1) is 9.15. The van der Waals surface area contributed by atoms with Crippen molar-refractivity contribution < 1.29 is 0 Å². The first-order valence-electron chi connectivity index (χ1n) is 4.73. The van der Waals surface area contributed by atoms with Crippen LogP contribution in [0.5, 0.6) is 0 Å². The second kappa shape index (κ2) is 2.33. The van der Waals surface area contributed by atoms with Crippen LogP contribution in [0.4, 0.5) is 0 Å². The van der Waals surface area contributed by atoms with Gasteiger partial charge in [0.1, 0.15) is 4.33 Å². The normalized spacial score (nSPS) is 48.2. The molecule has 0 aliphatic heterocycles. The van der Waals surface area contributed by atoms with Crippen LogP contribution in [0.1, 0.15) is 33.6 Å². The van der Waals surface area contributed by atoms with E-state index in [1.165, 1.54) is 6.42 Å². The summed E-state index contributed by atoms with van der Waals surface area (Å²) >= 11 is 12.5. The molecule has 70 valence electrons. The van der Waals surface area contributed by atoms with Crippen molar-refractivity contribution in [3.63, 3.8) is 0 Å². The lowest BCUT2D eigenvalue weighted by Crippen LogP contribution is -2.58. The summed E-state index contributed by atoms with van der Waals surface area (Å²) in [6.07, 6.45) is 2.33. The molecule has 0 saturated heterocycles. The number of hydrogen-bond donors (Lipinski definition) is 0. The Balaban J connectivity index is 2.23. The summed E-state index contributed by atoms with van der Waals surface area (Å²) in [7, 11) is 0. The number of fused-ring (bicyclic) bond motifs is 2. The van der Waals surface area contributed by atoms with Gasteiger partial charge in [0.2, 0.25) is 0 Å². The van der Waals surface area contributed by atoms with Crippen molar-refractivity contribution in [1.29, 1.82) is 0 Å².